The summed E-state index contributed by atoms with van der Waals surface area (Å²) in [5.74, 6) is -1.02. The van der Waals surface area contributed by atoms with Crippen LogP contribution in [-0.2, 0) is 19.6 Å². The van der Waals surface area contributed by atoms with Gasteiger partial charge in [-0.3, -0.25) is 9.59 Å². The van der Waals surface area contributed by atoms with E-state index in [9.17, 15) is 18.0 Å². The van der Waals surface area contributed by atoms with E-state index in [1.165, 1.54) is 0 Å². The summed E-state index contributed by atoms with van der Waals surface area (Å²) in [5.41, 5.74) is 0. The van der Waals surface area contributed by atoms with Crippen molar-refractivity contribution in [2.24, 2.45) is 0 Å². The van der Waals surface area contributed by atoms with Gasteiger partial charge < -0.3 is 16.0 Å². The minimum atomic E-state index is -3.63. The Morgan fingerprint density at radius 3 is 2.52 bits per heavy atom. The summed E-state index contributed by atoms with van der Waals surface area (Å²) in [6, 6.07) is 0.227. The summed E-state index contributed by atoms with van der Waals surface area (Å²) in [6.07, 6.45) is 2.00. The molecule has 1 aliphatic rings. The molecule has 23 heavy (non-hydrogen) atoms. The number of hydrogen-bond acceptors (Lipinski definition) is 5. The Morgan fingerprint density at radius 1 is 1.26 bits per heavy atom. The van der Waals surface area contributed by atoms with Gasteiger partial charge in [0, 0.05) is 25.0 Å². The van der Waals surface area contributed by atoms with Crippen LogP contribution in [0.1, 0.15) is 33.1 Å². The quantitative estimate of drug-likeness (QED) is 0.420. The summed E-state index contributed by atoms with van der Waals surface area (Å²) in [6.45, 7) is 4.74. The average Bonchev–Trinajstić information content (AvgIpc) is 2.93. The number of sulfonamides is 1. The Kier molecular flexibility index (Phi) is 10.4. The fraction of sp³-hybridized carbons (Fsp3) is 0.846. The highest BCUT2D eigenvalue weighted by molar-refractivity contribution is 7.89. The molecule has 1 rings (SSSR count). The molecular weight excluding hydrogens is 344 g/mol. The molecule has 10 heteroatoms. The van der Waals surface area contributed by atoms with Crippen LogP contribution in [0.15, 0.2) is 0 Å². The number of carbonyl (C=O) groups excluding carboxylic acids is 2. The first-order valence-corrected chi connectivity index (χ1v) is 9.20. The largest absolute Gasteiger partial charge is 0.355 e. The van der Waals surface area contributed by atoms with E-state index in [-0.39, 0.29) is 49.1 Å². The zero-order valence-corrected chi connectivity index (χ0v) is 15.2. The third-order valence-corrected chi connectivity index (χ3v) is 4.53. The molecule has 0 aromatic heterocycles. The maximum absolute atomic E-state index is 11.7. The highest BCUT2D eigenvalue weighted by atomic mass is 35.5. The van der Waals surface area contributed by atoms with Gasteiger partial charge in [0.1, 0.15) is 0 Å². The monoisotopic (exact) mass is 370 g/mol. The number of hydrogen-bond donors (Lipinski definition) is 4. The first-order chi connectivity index (χ1) is 10.3. The van der Waals surface area contributed by atoms with Crippen molar-refractivity contribution in [2.75, 3.05) is 25.4 Å². The molecule has 0 aromatic carbocycles. The fourth-order valence-electron chi connectivity index (χ4n) is 2.10. The van der Waals surface area contributed by atoms with Crippen LogP contribution >= 0.6 is 12.4 Å². The summed E-state index contributed by atoms with van der Waals surface area (Å²) >= 11 is 0. The van der Waals surface area contributed by atoms with Gasteiger partial charge in [0.25, 0.3) is 0 Å². The van der Waals surface area contributed by atoms with Gasteiger partial charge in [-0.15, -0.1) is 12.4 Å². The van der Waals surface area contributed by atoms with Crippen molar-refractivity contribution in [3.8, 4) is 0 Å². The standard InChI is InChI=1S/C13H26N4O4S.ClH/c1-10(2)17-13(19)9-16-22(20,21)7-5-12(18)15-8-11-4-3-6-14-11;/h10-11,14,16H,3-9H2,1-2H3,(H,15,18)(H,17,19);1H. The smallest absolute Gasteiger partial charge is 0.235 e. The lowest BCUT2D eigenvalue weighted by Gasteiger charge is -2.12. The molecule has 0 aromatic rings. The Hall–Kier alpha value is -0.900. The molecular formula is C13H27ClN4O4S. The van der Waals surface area contributed by atoms with Gasteiger partial charge in [0.2, 0.25) is 21.8 Å². The summed E-state index contributed by atoms with van der Waals surface area (Å²) < 4.78 is 25.6. The molecule has 1 aliphatic heterocycles. The summed E-state index contributed by atoms with van der Waals surface area (Å²) in [5, 5.41) is 8.54. The number of amides is 2. The van der Waals surface area contributed by atoms with Crippen molar-refractivity contribution in [1.29, 1.82) is 0 Å². The second-order valence-corrected chi connectivity index (χ2v) is 7.64. The number of carbonyl (C=O) groups is 2. The predicted molar refractivity (Wildman–Crippen MR) is 91.0 cm³/mol. The molecule has 0 aliphatic carbocycles. The van der Waals surface area contributed by atoms with Gasteiger partial charge in [-0.25, -0.2) is 13.1 Å². The summed E-state index contributed by atoms with van der Waals surface area (Å²) in [4.78, 5) is 23.0. The van der Waals surface area contributed by atoms with Crippen LogP contribution in [0.2, 0.25) is 0 Å². The Labute approximate surface area is 144 Å². The lowest BCUT2D eigenvalue weighted by molar-refractivity contribution is -0.121. The van der Waals surface area contributed by atoms with Crippen LogP contribution in [0.25, 0.3) is 0 Å². The minimum Gasteiger partial charge on any atom is -0.355 e. The predicted octanol–water partition coefficient (Wildman–Crippen LogP) is -0.889. The maximum atomic E-state index is 11.7. The number of nitrogens with one attached hydrogen (secondary N) is 4. The number of halogens is 1. The molecule has 0 spiro atoms. The van der Waals surface area contributed by atoms with Crippen molar-refractivity contribution in [1.82, 2.24) is 20.7 Å². The molecule has 8 nitrogen and oxygen atoms in total. The van der Waals surface area contributed by atoms with E-state index in [1.807, 2.05) is 0 Å². The van der Waals surface area contributed by atoms with Crippen LogP contribution in [0.4, 0.5) is 0 Å². The van der Waals surface area contributed by atoms with Crippen molar-refractivity contribution < 1.29 is 18.0 Å². The summed E-state index contributed by atoms with van der Waals surface area (Å²) in [7, 11) is -3.63. The highest BCUT2D eigenvalue weighted by Crippen LogP contribution is 2.03. The van der Waals surface area contributed by atoms with E-state index in [0.29, 0.717) is 6.54 Å². The van der Waals surface area contributed by atoms with E-state index in [1.54, 1.807) is 13.8 Å². The van der Waals surface area contributed by atoms with Gasteiger partial charge in [-0.1, -0.05) is 0 Å². The van der Waals surface area contributed by atoms with E-state index in [4.69, 9.17) is 0 Å². The first-order valence-electron chi connectivity index (χ1n) is 7.55. The molecule has 2 amide bonds. The van der Waals surface area contributed by atoms with Gasteiger partial charge in [-0.2, -0.15) is 0 Å². The van der Waals surface area contributed by atoms with Crippen molar-refractivity contribution in [3.05, 3.63) is 0 Å². The van der Waals surface area contributed by atoms with E-state index >= 15 is 0 Å². The zero-order chi connectivity index (χ0) is 16.6. The van der Waals surface area contributed by atoms with Gasteiger partial charge >= 0.3 is 0 Å². The normalized spacial score (nSPS) is 17.6. The zero-order valence-electron chi connectivity index (χ0n) is 13.6. The number of rotatable bonds is 9. The SMILES string of the molecule is CC(C)NC(=O)CNS(=O)(=O)CCC(=O)NCC1CCCN1.Cl. The molecule has 1 atom stereocenters. The third kappa shape index (κ3) is 10.5. The highest BCUT2D eigenvalue weighted by Gasteiger charge is 2.17. The molecule has 0 saturated carbocycles. The van der Waals surface area contributed by atoms with Crippen LogP contribution in [0.5, 0.6) is 0 Å². The van der Waals surface area contributed by atoms with Crippen LogP contribution in [0, 0.1) is 0 Å². The maximum Gasteiger partial charge on any atom is 0.235 e. The van der Waals surface area contributed by atoms with Crippen molar-refractivity contribution in [2.45, 2.75) is 45.2 Å². The fourth-order valence-corrected chi connectivity index (χ4v) is 3.05. The van der Waals surface area contributed by atoms with Crippen LogP contribution in [-0.4, -0.2) is 57.7 Å². The topological polar surface area (TPSA) is 116 Å². The third-order valence-electron chi connectivity index (χ3n) is 3.21. The molecule has 1 unspecified atom stereocenters. The van der Waals surface area contributed by atoms with Gasteiger partial charge in [0.15, 0.2) is 0 Å². The van der Waals surface area contributed by atoms with Crippen molar-refractivity contribution in [3.63, 3.8) is 0 Å². The van der Waals surface area contributed by atoms with Crippen LogP contribution in [0.3, 0.4) is 0 Å². The Morgan fingerprint density at radius 2 is 1.96 bits per heavy atom. The van der Waals surface area contributed by atoms with Gasteiger partial charge in [0.05, 0.1) is 12.3 Å². The average molecular weight is 371 g/mol. The first kappa shape index (κ1) is 22.1. The molecule has 0 bridgehead atoms. The molecule has 1 heterocycles. The molecule has 136 valence electrons. The minimum absolute atomic E-state index is 0. The molecule has 1 fully saturated rings. The Balaban J connectivity index is 0.00000484. The molecule has 1 saturated heterocycles. The lowest BCUT2D eigenvalue weighted by atomic mass is 10.2. The Bertz CT molecular complexity index is 478. The van der Waals surface area contributed by atoms with Crippen molar-refractivity contribution >= 4 is 34.2 Å². The van der Waals surface area contributed by atoms with Gasteiger partial charge in [-0.05, 0) is 33.2 Å². The second kappa shape index (κ2) is 10.8. The van der Waals surface area contributed by atoms with E-state index in [0.717, 1.165) is 19.4 Å². The van der Waals surface area contributed by atoms with E-state index < -0.39 is 15.9 Å². The molecule has 4 N–H and O–H groups in total. The van der Waals surface area contributed by atoms with Crippen LogP contribution < -0.4 is 20.7 Å². The second-order valence-electron chi connectivity index (χ2n) is 5.71. The lowest BCUT2D eigenvalue weighted by Crippen LogP contribution is -2.41. The molecule has 0 radical (unpaired) electrons. The van der Waals surface area contributed by atoms with E-state index in [2.05, 4.69) is 20.7 Å².